The van der Waals surface area contributed by atoms with Crippen LogP contribution in [0.1, 0.15) is 73.0 Å². The molecule has 3 aromatic rings. The molecule has 0 aromatic heterocycles. The molecule has 37 heavy (non-hydrogen) atoms. The van der Waals surface area contributed by atoms with Crippen molar-refractivity contribution in [2.24, 2.45) is 0 Å². The summed E-state index contributed by atoms with van der Waals surface area (Å²) in [5, 5.41) is 9.64. The second-order valence-corrected chi connectivity index (χ2v) is 9.18. The van der Waals surface area contributed by atoms with Crippen LogP contribution in [-0.4, -0.2) is 23.8 Å². The van der Waals surface area contributed by atoms with E-state index in [0.717, 1.165) is 6.07 Å². The van der Waals surface area contributed by atoms with E-state index in [0.29, 0.717) is 36.8 Å². The molecule has 0 heterocycles. The fraction of sp³-hybridized carbons (Fsp3) is 0.345. The van der Waals surface area contributed by atoms with Gasteiger partial charge in [0.15, 0.2) is 23.2 Å². The summed E-state index contributed by atoms with van der Waals surface area (Å²) < 4.78 is 68.8. The summed E-state index contributed by atoms with van der Waals surface area (Å²) in [5.74, 6) is -5.97. The largest absolute Gasteiger partial charge is 0.491 e. The average molecular weight is 517 g/mol. The zero-order valence-corrected chi connectivity index (χ0v) is 20.6. The van der Waals surface area contributed by atoms with Crippen molar-refractivity contribution in [1.82, 2.24) is 0 Å². The topological polar surface area (TPSA) is 55.8 Å². The van der Waals surface area contributed by atoms with E-state index in [9.17, 15) is 23.1 Å². The fourth-order valence-electron chi connectivity index (χ4n) is 4.71. The SMILES string of the molecule is CCOc1ccc(C(=O)OC2CCC(c3ccc(-c4ccc(C(C)O)cc4)c(F)c3F)CC2)c(F)c1F. The summed E-state index contributed by atoms with van der Waals surface area (Å²) >= 11 is 0. The van der Waals surface area contributed by atoms with Gasteiger partial charge in [-0.2, -0.15) is 4.39 Å². The molecular formula is C29H28F4O4. The number of aliphatic hydroxyl groups excluding tert-OH is 1. The lowest BCUT2D eigenvalue weighted by molar-refractivity contribution is 0.0188. The predicted octanol–water partition coefficient (Wildman–Crippen LogP) is 7.25. The molecule has 4 nitrogen and oxygen atoms in total. The monoisotopic (exact) mass is 516 g/mol. The maximum atomic E-state index is 15.1. The third-order valence-corrected chi connectivity index (χ3v) is 6.77. The molecule has 4 rings (SSSR count). The quantitative estimate of drug-likeness (QED) is 0.266. The standard InChI is InChI=1S/C29H28F4O4/c1-3-36-24-15-14-23(27(32)28(24)33)29(35)37-20-10-8-19(9-11-20)22-13-12-21(25(30)26(22)31)18-6-4-17(5-7-18)16(2)34/h4-7,12-16,19-20,34H,3,8-11H2,1-2H3. The molecule has 0 radical (unpaired) electrons. The van der Waals surface area contributed by atoms with Gasteiger partial charge in [0.25, 0.3) is 0 Å². The Morgan fingerprint density at radius 2 is 1.57 bits per heavy atom. The molecule has 0 saturated heterocycles. The number of halogens is 4. The van der Waals surface area contributed by atoms with E-state index in [2.05, 4.69) is 0 Å². The molecule has 0 aliphatic heterocycles. The van der Waals surface area contributed by atoms with E-state index in [4.69, 9.17) is 9.47 Å². The van der Waals surface area contributed by atoms with Crippen molar-refractivity contribution in [2.45, 2.75) is 57.7 Å². The molecule has 196 valence electrons. The normalized spacial score (nSPS) is 18.4. The maximum absolute atomic E-state index is 15.1. The number of benzene rings is 3. The number of rotatable bonds is 7. The molecule has 0 bridgehead atoms. The number of carbonyl (C=O) groups excluding carboxylic acids is 1. The maximum Gasteiger partial charge on any atom is 0.341 e. The van der Waals surface area contributed by atoms with E-state index in [1.807, 2.05) is 0 Å². The van der Waals surface area contributed by atoms with Crippen LogP contribution >= 0.6 is 0 Å². The van der Waals surface area contributed by atoms with Gasteiger partial charge < -0.3 is 14.6 Å². The van der Waals surface area contributed by atoms with Crippen LogP contribution in [0.4, 0.5) is 17.6 Å². The highest BCUT2D eigenvalue weighted by atomic mass is 19.2. The molecular weight excluding hydrogens is 488 g/mol. The van der Waals surface area contributed by atoms with Gasteiger partial charge in [0.05, 0.1) is 18.3 Å². The van der Waals surface area contributed by atoms with Crippen LogP contribution in [0.2, 0.25) is 0 Å². The van der Waals surface area contributed by atoms with Crippen LogP contribution in [0.5, 0.6) is 5.75 Å². The summed E-state index contributed by atoms with van der Waals surface area (Å²) in [7, 11) is 0. The Balaban J connectivity index is 1.41. The number of ether oxygens (including phenoxy) is 2. The number of hydrogen-bond donors (Lipinski definition) is 1. The molecule has 1 saturated carbocycles. The lowest BCUT2D eigenvalue weighted by Crippen LogP contribution is -2.25. The van der Waals surface area contributed by atoms with Gasteiger partial charge in [-0.05, 0) is 74.3 Å². The first kappa shape index (κ1) is 26.7. The van der Waals surface area contributed by atoms with Crippen LogP contribution < -0.4 is 4.74 Å². The zero-order chi connectivity index (χ0) is 26.7. The average Bonchev–Trinajstić information content (AvgIpc) is 2.89. The van der Waals surface area contributed by atoms with Crippen LogP contribution in [0.25, 0.3) is 11.1 Å². The van der Waals surface area contributed by atoms with E-state index >= 15 is 4.39 Å². The van der Waals surface area contributed by atoms with Crippen molar-refractivity contribution in [3.63, 3.8) is 0 Å². The van der Waals surface area contributed by atoms with Gasteiger partial charge in [0, 0.05) is 5.56 Å². The highest BCUT2D eigenvalue weighted by Gasteiger charge is 2.30. The minimum absolute atomic E-state index is 0.130. The molecule has 1 N–H and O–H groups in total. The summed E-state index contributed by atoms with van der Waals surface area (Å²) in [6, 6.07) is 12.0. The fourth-order valence-corrected chi connectivity index (χ4v) is 4.71. The van der Waals surface area contributed by atoms with Crippen molar-refractivity contribution in [1.29, 1.82) is 0 Å². The van der Waals surface area contributed by atoms with E-state index in [1.165, 1.54) is 6.07 Å². The molecule has 1 aliphatic rings. The number of hydrogen-bond acceptors (Lipinski definition) is 4. The highest BCUT2D eigenvalue weighted by molar-refractivity contribution is 5.90. The van der Waals surface area contributed by atoms with Crippen molar-refractivity contribution < 1.29 is 36.9 Å². The zero-order valence-electron chi connectivity index (χ0n) is 20.6. The first-order valence-electron chi connectivity index (χ1n) is 12.3. The van der Waals surface area contributed by atoms with Gasteiger partial charge in [-0.1, -0.05) is 36.4 Å². The van der Waals surface area contributed by atoms with Crippen molar-refractivity contribution >= 4 is 5.97 Å². The van der Waals surface area contributed by atoms with E-state index < -0.39 is 47.0 Å². The van der Waals surface area contributed by atoms with Gasteiger partial charge >= 0.3 is 5.97 Å². The van der Waals surface area contributed by atoms with Crippen molar-refractivity contribution in [3.05, 3.63) is 88.5 Å². The predicted molar refractivity (Wildman–Crippen MR) is 130 cm³/mol. The Hall–Kier alpha value is -3.39. The lowest BCUT2D eigenvalue weighted by atomic mass is 9.82. The number of esters is 1. The Morgan fingerprint density at radius 3 is 2.19 bits per heavy atom. The summed E-state index contributed by atoms with van der Waals surface area (Å²) in [6.07, 6.45) is 0.432. The van der Waals surface area contributed by atoms with Gasteiger partial charge in [0.1, 0.15) is 6.10 Å². The number of aliphatic hydroxyl groups is 1. The minimum atomic E-state index is -1.33. The Bertz CT molecular complexity index is 1270. The van der Waals surface area contributed by atoms with Gasteiger partial charge in [0.2, 0.25) is 5.82 Å². The summed E-state index contributed by atoms with van der Waals surface area (Å²) in [6.45, 7) is 3.40. The molecule has 1 aliphatic carbocycles. The third-order valence-electron chi connectivity index (χ3n) is 6.77. The lowest BCUT2D eigenvalue weighted by Gasteiger charge is -2.29. The van der Waals surface area contributed by atoms with Crippen molar-refractivity contribution in [3.8, 4) is 16.9 Å². The van der Waals surface area contributed by atoms with Gasteiger partial charge in [-0.15, -0.1) is 0 Å². The van der Waals surface area contributed by atoms with Crippen LogP contribution in [0.3, 0.4) is 0 Å². The summed E-state index contributed by atoms with van der Waals surface area (Å²) in [5.41, 5.74) is 1.04. The summed E-state index contributed by atoms with van der Waals surface area (Å²) in [4.78, 5) is 12.4. The second-order valence-electron chi connectivity index (χ2n) is 9.18. The van der Waals surface area contributed by atoms with Crippen molar-refractivity contribution in [2.75, 3.05) is 6.61 Å². The van der Waals surface area contributed by atoms with Crippen LogP contribution in [0, 0.1) is 23.3 Å². The molecule has 1 atom stereocenters. The van der Waals surface area contributed by atoms with Gasteiger partial charge in [-0.3, -0.25) is 0 Å². The van der Waals surface area contributed by atoms with E-state index in [-0.39, 0.29) is 29.4 Å². The van der Waals surface area contributed by atoms with E-state index in [1.54, 1.807) is 50.2 Å². The smallest absolute Gasteiger partial charge is 0.341 e. The van der Waals surface area contributed by atoms with Crippen LogP contribution in [0.15, 0.2) is 48.5 Å². The first-order valence-corrected chi connectivity index (χ1v) is 12.3. The molecule has 1 unspecified atom stereocenters. The van der Waals surface area contributed by atoms with Crippen LogP contribution in [-0.2, 0) is 4.74 Å². The first-order chi connectivity index (χ1) is 17.7. The molecule has 0 spiro atoms. The highest BCUT2D eigenvalue weighted by Crippen LogP contribution is 2.38. The Morgan fingerprint density at radius 1 is 0.892 bits per heavy atom. The molecule has 3 aromatic carbocycles. The van der Waals surface area contributed by atoms with Gasteiger partial charge in [-0.25, -0.2) is 18.0 Å². The Labute approximate surface area is 212 Å². The molecule has 8 heteroatoms. The second kappa shape index (κ2) is 11.3. The Kier molecular flexibility index (Phi) is 8.17. The number of carbonyl (C=O) groups is 1. The molecule has 1 fully saturated rings. The third kappa shape index (κ3) is 5.64. The molecule has 0 amide bonds. The minimum Gasteiger partial charge on any atom is -0.491 e.